The second-order valence-electron chi connectivity index (χ2n) is 6.98. The van der Waals surface area contributed by atoms with Crippen molar-refractivity contribution in [3.63, 3.8) is 0 Å². The van der Waals surface area contributed by atoms with Gasteiger partial charge in [-0.15, -0.1) is 0 Å². The van der Waals surface area contributed by atoms with Gasteiger partial charge < -0.3 is 14.2 Å². The smallest absolute Gasteiger partial charge is 0.387 e. The number of hydrogen-bond acceptors (Lipinski definition) is 5. The normalized spacial score (nSPS) is 15.6. The highest BCUT2D eigenvalue weighted by Crippen LogP contribution is 2.38. The molecule has 3 aromatic rings. The first-order chi connectivity index (χ1) is 15.5. The molecule has 1 saturated heterocycles. The predicted octanol–water partition coefficient (Wildman–Crippen LogP) is 5.48. The topological polar surface area (TPSA) is 60.9 Å². The second kappa shape index (κ2) is 9.93. The number of anilines is 2. The third-order valence-electron chi connectivity index (χ3n) is 4.76. The standard InChI is InChI=1S/C23H19ClF2N2O4/c24-16-4-1-5-17(11-16)28(22(29)15-3-2-9-27-13-15)18-6-7-20(32-23(25)26)21(12-18)31-19-8-10-30-14-19/h1-7,9,11-13,19,23H,8,10,14H2/t19-/m1/s1. The van der Waals surface area contributed by atoms with Crippen molar-refractivity contribution in [3.05, 3.63) is 77.6 Å². The lowest BCUT2D eigenvalue weighted by Gasteiger charge is -2.25. The zero-order valence-corrected chi connectivity index (χ0v) is 17.5. The first-order valence-electron chi connectivity index (χ1n) is 9.84. The van der Waals surface area contributed by atoms with Crippen LogP contribution in [0.5, 0.6) is 11.5 Å². The number of amides is 1. The van der Waals surface area contributed by atoms with Gasteiger partial charge >= 0.3 is 6.61 Å². The molecule has 0 N–H and O–H groups in total. The van der Waals surface area contributed by atoms with E-state index in [1.54, 1.807) is 42.6 Å². The summed E-state index contributed by atoms with van der Waals surface area (Å²) in [5.41, 5.74) is 1.22. The molecule has 1 fully saturated rings. The fourth-order valence-corrected chi connectivity index (χ4v) is 3.51. The number of benzene rings is 2. The number of pyridine rings is 1. The molecule has 9 heteroatoms. The molecule has 2 heterocycles. The van der Waals surface area contributed by atoms with Crippen molar-refractivity contribution in [3.8, 4) is 11.5 Å². The summed E-state index contributed by atoms with van der Waals surface area (Å²) in [7, 11) is 0. The number of ether oxygens (including phenoxy) is 3. The fraction of sp³-hybridized carbons (Fsp3) is 0.217. The van der Waals surface area contributed by atoms with Crippen LogP contribution in [0.2, 0.25) is 5.02 Å². The summed E-state index contributed by atoms with van der Waals surface area (Å²) in [5.74, 6) is -0.419. The molecule has 1 aromatic heterocycles. The van der Waals surface area contributed by atoms with Crippen LogP contribution in [0.4, 0.5) is 20.2 Å². The summed E-state index contributed by atoms with van der Waals surface area (Å²) in [6.07, 6.45) is 3.32. The maximum Gasteiger partial charge on any atom is 0.387 e. The predicted molar refractivity (Wildman–Crippen MR) is 115 cm³/mol. The number of hydrogen-bond donors (Lipinski definition) is 0. The molecule has 4 rings (SSSR count). The molecule has 166 valence electrons. The minimum absolute atomic E-state index is 0.0873. The van der Waals surface area contributed by atoms with Crippen LogP contribution < -0.4 is 14.4 Å². The van der Waals surface area contributed by atoms with Crippen molar-refractivity contribution in [2.75, 3.05) is 18.1 Å². The summed E-state index contributed by atoms with van der Waals surface area (Å²) in [4.78, 5) is 18.8. The second-order valence-corrected chi connectivity index (χ2v) is 7.41. The van der Waals surface area contributed by atoms with E-state index in [0.717, 1.165) is 0 Å². The molecule has 6 nitrogen and oxygen atoms in total. The molecule has 1 aliphatic heterocycles. The van der Waals surface area contributed by atoms with Crippen molar-refractivity contribution in [1.29, 1.82) is 0 Å². The Morgan fingerprint density at radius 3 is 2.66 bits per heavy atom. The van der Waals surface area contributed by atoms with Gasteiger partial charge in [-0.25, -0.2) is 0 Å². The fourth-order valence-electron chi connectivity index (χ4n) is 3.32. The number of carbonyl (C=O) groups is 1. The Balaban J connectivity index is 1.78. The zero-order valence-electron chi connectivity index (χ0n) is 16.8. The largest absolute Gasteiger partial charge is 0.484 e. The monoisotopic (exact) mass is 460 g/mol. The van der Waals surface area contributed by atoms with Gasteiger partial charge in [-0.3, -0.25) is 14.7 Å². The van der Waals surface area contributed by atoms with Crippen LogP contribution >= 0.6 is 11.6 Å². The number of halogens is 3. The van der Waals surface area contributed by atoms with E-state index in [1.807, 2.05) is 0 Å². The average Bonchev–Trinajstić information content (AvgIpc) is 3.29. The first-order valence-corrected chi connectivity index (χ1v) is 10.2. The van der Waals surface area contributed by atoms with E-state index in [2.05, 4.69) is 9.72 Å². The van der Waals surface area contributed by atoms with Crippen LogP contribution in [0.25, 0.3) is 0 Å². The minimum Gasteiger partial charge on any atom is -0.484 e. The molecule has 32 heavy (non-hydrogen) atoms. The lowest BCUT2D eigenvalue weighted by molar-refractivity contribution is -0.0520. The first kappa shape index (κ1) is 22.0. The van der Waals surface area contributed by atoms with Gasteiger partial charge in [0.05, 0.1) is 30.2 Å². The Labute approximate surface area is 188 Å². The van der Waals surface area contributed by atoms with E-state index in [-0.39, 0.29) is 23.5 Å². The maximum absolute atomic E-state index is 13.4. The molecule has 0 unspecified atom stereocenters. The minimum atomic E-state index is -3.02. The van der Waals surface area contributed by atoms with Crippen LogP contribution in [-0.2, 0) is 4.74 Å². The Morgan fingerprint density at radius 2 is 1.97 bits per heavy atom. The summed E-state index contributed by atoms with van der Waals surface area (Å²) in [5, 5.41) is 0.434. The molecule has 0 spiro atoms. The Morgan fingerprint density at radius 1 is 1.12 bits per heavy atom. The Kier molecular flexibility index (Phi) is 6.82. The Hall–Kier alpha value is -3.23. The van der Waals surface area contributed by atoms with Crippen molar-refractivity contribution in [2.24, 2.45) is 0 Å². The molecular formula is C23H19ClF2N2O4. The summed E-state index contributed by atoms with van der Waals surface area (Å²) >= 11 is 6.16. The summed E-state index contributed by atoms with van der Waals surface area (Å²) in [6, 6.07) is 14.4. The van der Waals surface area contributed by atoms with Crippen LogP contribution in [0.15, 0.2) is 67.0 Å². The van der Waals surface area contributed by atoms with Gasteiger partial charge in [-0.05, 0) is 42.5 Å². The van der Waals surface area contributed by atoms with E-state index in [0.29, 0.717) is 41.6 Å². The SMILES string of the molecule is O=C(c1cccnc1)N(c1cccc(Cl)c1)c1ccc(OC(F)F)c(O[C@@H]2CCOC2)c1. The van der Waals surface area contributed by atoms with Crippen molar-refractivity contribution >= 4 is 28.9 Å². The summed E-state index contributed by atoms with van der Waals surface area (Å²) in [6.45, 7) is -2.17. The highest BCUT2D eigenvalue weighted by Gasteiger charge is 2.25. The number of rotatable bonds is 7. The number of nitrogens with zero attached hydrogens (tertiary/aromatic N) is 2. The van der Waals surface area contributed by atoms with E-state index < -0.39 is 6.61 Å². The highest BCUT2D eigenvalue weighted by molar-refractivity contribution is 6.31. The zero-order chi connectivity index (χ0) is 22.5. The van der Waals surface area contributed by atoms with E-state index in [4.69, 9.17) is 21.1 Å². The van der Waals surface area contributed by atoms with E-state index in [9.17, 15) is 13.6 Å². The van der Waals surface area contributed by atoms with Gasteiger partial charge in [-0.2, -0.15) is 8.78 Å². The van der Waals surface area contributed by atoms with Gasteiger partial charge in [0.2, 0.25) is 0 Å². The quantitative estimate of drug-likeness (QED) is 0.467. The lowest BCUT2D eigenvalue weighted by atomic mass is 10.1. The third kappa shape index (κ3) is 5.15. The van der Waals surface area contributed by atoms with Crippen LogP contribution in [0, 0.1) is 0 Å². The van der Waals surface area contributed by atoms with Gasteiger partial charge in [-0.1, -0.05) is 17.7 Å². The molecule has 0 radical (unpaired) electrons. The maximum atomic E-state index is 13.4. The van der Waals surface area contributed by atoms with E-state index >= 15 is 0 Å². The molecule has 2 aromatic carbocycles. The molecule has 1 atom stereocenters. The molecule has 0 saturated carbocycles. The molecule has 1 aliphatic rings. The molecule has 0 aliphatic carbocycles. The van der Waals surface area contributed by atoms with Crippen molar-refractivity contribution in [1.82, 2.24) is 4.98 Å². The van der Waals surface area contributed by atoms with Gasteiger partial charge in [0.1, 0.15) is 6.10 Å². The van der Waals surface area contributed by atoms with Crippen LogP contribution in [0.3, 0.4) is 0 Å². The van der Waals surface area contributed by atoms with E-state index in [1.165, 1.54) is 29.3 Å². The van der Waals surface area contributed by atoms with Crippen molar-refractivity contribution < 1.29 is 27.8 Å². The average molecular weight is 461 g/mol. The number of alkyl halides is 2. The van der Waals surface area contributed by atoms with Gasteiger partial charge in [0.25, 0.3) is 5.91 Å². The third-order valence-corrected chi connectivity index (χ3v) is 5.00. The highest BCUT2D eigenvalue weighted by atomic mass is 35.5. The van der Waals surface area contributed by atoms with Crippen LogP contribution in [0.1, 0.15) is 16.8 Å². The van der Waals surface area contributed by atoms with Crippen LogP contribution in [-0.4, -0.2) is 36.8 Å². The number of carbonyl (C=O) groups excluding carboxylic acids is 1. The summed E-state index contributed by atoms with van der Waals surface area (Å²) < 4.78 is 41.7. The molecule has 1 amide bonds. The number of aromatic nitrogens is 1. The lowest BCUT2D eigenvalue weighted by Crippen LogP contribution is -2.26. The van der Waals surface area contributed by atoms with Crippen molar-refractivity contribution in [2.45, 2.75) is 19.1 Å². The Bertz CT molecular complexity index is 1080. The van der Waals surface area contributed by atoms with Gasteiger partial charge in [0.15, 0.2) is 11.5 Å². The van der Waals surface area contributed by atoms with Gasteiger partial charge in [0, 0.05) is 29.9 Å². The molecular weight excluding hydrogens is 442 g/mol. The molecule has 0 bridgehead atoms.